The molecule has 0 unspecified atom stereocenters. The molecule has 32 heavy (non-hydrogen) atoms. The Hall–Kier alpha value is -2.66. The summed E-state index contributed by atoms with van der Waals surface area (Å²) in [5.41, 5.74) is 2.02. The molecule has 1 saturated heterocycles. The van der Waals surface area contributed by atoms with E-state index in [9.17, 15) is 18.0 Å². The minimum Gasteiger partial charge on any atom is -0.375 e. The number of methoxy groups -OCH3 is 1. The third kappa shape index (κ3) is 5.57. The van der Waals surface area contributed by atoms with Gasteiger partial charge < -0.3 is 19.9 Å². The third-order valence-electron chi connectivity index (χ3n) is 5.35. The molecular weight excluding hydrogens is 443 g/mol. The summed E-state index contributed by atoms with van der Waals surface area (Å²) in [6.45, 7) is 3.53. The van der Waals surface area contributed by atoms with Crippen molar-refractivity contribution in [2.75, 3.05) is 51.8 Å². The van der Waals surface area contributed by atoms with E-state index in [1.807, 2.05) is 11.0 Å². The number of nitrogens with zero attached hydrogens (tertiary/aromatic N) is 4. The van der Waals surface area contributed by atoms with Crippen LogP contribution >= 0.6 is 11.3 Å². The Balaban J connectivity index is 1.40. The zero-order valence-corrected chi connectivity index (χ0v) is 18.4. The number of anilines is 1. The third-order valence-corrected chi connectivity index (χ3v) is 6.29. The van der Waals surface area contributed by atoms with Gasteiger partial charge >= 0.3 is 6.18 Å². The normalized spacial score (nSPS) is 17.4. The van der Waals surface area contributed by atoms with Crippen molar-refractivity contribution in [2.45, 2.75) is 19.0 Å². The first-order valence-corrected chi connectivity index (χ1v) is 11.1. The first-order valence-electron chi connectivity index (χ1n) is 10.3. The number of ether oxygens (including phenoxy) is 1. The molecule has 0 spiro atoms. The van der Waals surface area contributed by atoms with Crippen LogP contribution < -0.4 is 5.32 Å². The highest BCUT2D eigenvalue weighted by Crippen LogP contribution is 2.30. The van der Waals surface area contributed by atoms with Crippen molar-refractivity contribution >= 4 is 38.4 Å². The van der Waals surface area contributed by atoms with Crippen molar-refractivity contribution in [3.8, 4) is 0 Å². The number of amidine groups is 1. The van der Waals surface area contributed by atoms with Crippen LogP contribution in [0.5, 0.6) is 0 Å². The molecule has 0 saturated carbocycles. The molecule has 1 aromatic heterocycles. The molecule has 0 aliphatic carbocycles. The summed E-state index contributed by atoms with van der Waals surface area (Å²) >= 11 is 1.31. The molecule has 4 rings (SSSR count). The molecule has 1 fully saturated rings. The number of amides is 1. The Bertz CT molecular complexity index is 1040. The van der Waals surface area contributed by atoms with Gasteiger partial charge in [-0.15, -0.1) is 0 Å². The van der Waals surface area contributed by atoms with E-state index in [4.69, 9.17) is 4.74 Å². The van der Waals surface area contributed by atoms with E-state index in [0.29, 0.717) is 40.8 Å². The molecule has 0 bridgehead atoms. The quantitative estimate of drug-likeness (QED) is 0.731. The molecule has 2 aliphatic heterocycles. The van der Waals surface area contributed by atoms with Gasteiger partial charge in [0, 0.05) is 52.0 Å². The fourth-order valence-electron chi connectivity index (χ4n) is 3.82. The summed E-state index contributed by atoms with van der Waals surface area (Å²) in [7, 11) is 1.52. The van der Waals surface area contributed by atoms with E-state index in [1.165, 1.54) is 24.5 Å². The first kappa shape index (κ1) is 22.5. The lowest BCUT2D eigenvalue weighted by molar-refractivity contribution is -0.136. The number of thiazole rings is 1. The molecule has 2 aliphatic rings. The van der Waals surface area contributed by atoms with Gasteiger partial charge in [-0.1, -0.05) is 17.4 Å². The van der Waals surface area contributed by atoms with Crippen molar-refractivity contribution < 1.29 is 22.7 Å². The second-order valence-corrected chi connectivity index (χ2v) is 8.72. The number of halogens is 3. The minimum absolute atomic E-state index is 0.00270. The molecule has 1 aromatic carbocycles. The van der Waals surface area contributed by atoms with Gasteiger partial charge in [0.25, 0.3) is 0 Å². The van der Waals surface area contributed by atoms with Crippen molar-refractivity contribution in [3.63, 3.8) is 0 Å². The van der Waals surface area contributed by atoms with Crippen molar-refractivity contribution in [2.24, 2.45) is 4.99 Å². The maximum Gasteiger partial charge on any atom is 0.393 e. The van der Waals surface area contributed by atoms with Gasteiger partial charge in [0.15, 0.2) is 5.13 Å². The number of hydrogen-bond acceptors (Lipinski definition) is 7. The molecule has 172 valence electrons. The zero-order valence-electron chi connectivity index (χ0n) is 17.6. The van der Waals surface area contributed by atoms with E-state index in [2.05, 4.69) is 20.2 Å². The summed E-state index contributed by atoms with van der Waals surface area (Å²) < 4.78 is 43.6. The number of piperazine rings is 1. The molecule has 1 amide bonds. The lowest BCUT2D eigenvalue weighted by Crippen LogP contribution is -2.49. The number of aliphatic imine (C=N–C) groups is 1. The molecule has 3 heterocycles. The van der Waals surface area contributed by atoms with Crippen molar-refractivity contribution in [1.82, 2.24) is 14.8 Å². The summed E-state index contributed by atoms with van der Waals surface area (Å²) in [6, 6.07) is 4.62. The summed E-state index contributed by atoms with van der Waals surface area (Å²) in [4.78, 5) is 25.0. The molecule has 1 N–H and O–H groups in total. The molecule has 7 nitrogen and oxygen atoms in total. The lowest BCUT2D eigenvalue weighted by atomic mass is 10.1. The lowest BCUT2D eigenvalue weighted by Gasteiger charge is -2.38. The Morgan fingerprint density at radius 3 is 2.75 bits per heavy atom. The van der Waals surface area contributed by atoms with Crippen LogP contribution in [0.3, 0.4) is 0 Å². The highest BCUT2D eigenvalue weighted by Gasteiger charge is 2.28. The van der Waals surface area contributed by atoms with Gasteiger partial charge in [0.1, 0.15) is 12.4 Å². The average molecular weight is 468 g/mol. The van der Waals surface area contributed by atoms with Crippen LogP contribution in [0.15, 0.2) is 35.0 Å². The van der Waals surface area contributed by atoms with Gasteiger partial charge in [-0.05, 0) is 23.8 Å². The maximum absolute atomic E-state index is 12.7. The Labute approximate surface area is 187 Å². The summed E-state index contributed by atoms with van der Waals surface area (Å²) in [6.07, 6.45) is -2.39. The monoisotopic (exact) mass is 467 g/mol. The second-order valence-electron chi connectivity index (χ2n) is 7.69. The van der Waals surface area contributed by atoms with Gasteiger partial charge in [0.05, 0.1) is 16.6 Å². The molecular formula is C21H24F3N5O2S. The van der Waals surface area contributed by atoms with Crippen molar-refractivity contribution in [3.05, 3.63) is 35.5 Å². The van der Waals surface area contributed by atoms with Crippen molar-refractivity contribution in [1.29, 1.82) is 0 Å². The molecule has 11 heteroatoms. The minimum atomic E-state index is -4.24. The van der Waals surface area contributed by atoms with Crippen LogP contribution in [0.1, 0.15) is 12.0 Å². The number of aromatic nitrogens is 1. The average Bonchev–Trinajstić information content (AvgIpc) is 3.14. The standard InChI is InChI=1S/C21H24F3N5O2S/c1-31-13-19(30)29-8-6-28(7-9-29)15-4-5-25-18(11-15)27-20-26-16-3-2-14(10-17(16)32-20)12-21(22,23)24/h2-3,10-11H,4-9,12-13H2,1H3,(H,25,26,27). The Morgan fingerprint density at radius 2 is 2.03 bits per heavy atom. The maximum atomic E-state index is 12.7. The predicted molar refractivity (Wildman–Crippen MR) is 118 cm³/mol. The number of nitrogens with one attached hydrogen (secondary N) is 1. The Morgan fingerprint density at radius 1 is 1.25 bits per heavy atom. The predicted octanol–water partition coefficient (Wildman–Crippen LogP) is 3.29. The molecule has 0 radical (unpaired) electrons. The van der Waals surface area contributed by atoms with Crippen LogP contribution in [0.2, 0.25) is 0 Å². The first-order chi connectivity index (χ1) is 15.3. The van der Waals surface area contributed by atoms with Crippen LogP contribution in [0, 0.1) is 0 Å². The number of rotatable bonds is 5. The van der Waals surface area contributed by atoms with E-state index < -0.39 is 12.6 Å². The van der Waals surface area contributed by atoms with E-state index in [1.54, 1.807) is 12.1 Å². The highest BCUT2D eigenvalue weighted by molar-refractivity contribution is 7.22. The zero-order chi connectivity index (χ0) is 22.7. The van der Waals surface area contributed by atoms with E-state index >= 15 is 0 Å². The SMILES string of the molecule is COCC(=O)N1CCN(C2=CC(Nc3nc4ccc(CC(F)(F)F)cc4s3)=NCC2)CC1. The number of carbonyl (C=O) groups is 1. The number of dihydropyridines is 1. The van der Waals surface area contributed by atoms with Crippen LogP contribution in [-0.4, -0.2) is 79.1 Å². The fourth-order valence-corrected chi connectivity index (χ4v) is 4.76. The summed E-state index contributed by atoms with van der Waals surface area (Å²) in [5, 5.41) is 3.79. The van der Waals surface area contributed by atoms with Gasteiger partial charge in [-0.2, -0.15) is 13.2 Å². The number of alkyl halides is 3. The van der Waals surface area contributed by atoms with Gasteiger partial charge in [-0.25, -0.2) is 4.98 Å². The number of benzene rings is 1. The van der Waals surface area contributed by atoms with E-state index in [0.717, 1.165) is 25.2 Å². The van der Waals surface area contributed by atoms with E-state index in [-0.39, 0.29) is 18.1 Å². The fraction of sp³-hybridized carbons (Fsp3) is 0.476. The van der Waals surface area contributed by atoms with Crippen LogP contribution in [-0.2, 0) is 16.0 Å². The smallest absolute Gasteiger partial charge is 0.375 e. The number of hydrogen-bond donors (Lipinski definition) is 1. The topological polar surface area (TPSA) is 70.1 Å². The second kappa shape index (κ2) is 9.45. The Kier molecular flexibility index (Phi) is 6.66. The van der Waals surface area contributed by atoms with Gasteiger partial charge in [0.2, 0.25) is 5.91 Å². The van der Waals surface area contributed by atoms with Crippen LogP contribution in [0.25, 0.3) is 10.2 Å². The molecule has 0 atom stereocenters. The highest BCUT2D eigenvalue weighted by atomic mass is 32.1. The largest absolute Gasteiger partial charge is 0.393 e. The summed E-state index contributed by atoms with van der Waals surface area (Å²) in [5.74, 6) is 0.682. The number of fused-ring (bicyclic) bond motifs is 1. The van der Waals surface area contributed by atoms with Crippen LogP contribution in [0.4, 0.5) is 18.3 Å². The molecule has 2 aromatic rings. The van der Waals surface area contributed by atoms with Gasteiger partial charge in [-0.3, -0.25) is 9.79 Å². The number of carbonyl (C=O) groups excluding carboxylic acids is 1.